The van der Waals surface area contributed by atoms with Gasteiger partial charge >= 0.3 is 0 Å². The van der Waals surface area contributed by atoms with Crippen LogP contribution in [0.15, 0.2) is 17.4 Å². The van der Waals surface area contributed by atoms with E-state index in [1.807, 2.05) is 12.3 Å². The van der Waals surface area contributed by atoms with Gasteiger partial charge in [0, 0.05) is 32.7 Å². The van der Waals surface area contributed by atoms with E-state index in [1.165, 1.54) is 6.33 Å². The molecule has 18 heavy (non-hydrogen) atoms. The van der Waals surface area contributed by atoms with Crippen LogP contribution in [0.1, 0.15) is 6.42 Å². The maximum Gasteiger partial charge on any atom is 0.221 e. The number of aromatic nitrogens is 2. The first-order valence-electron chi connectivity index (χ1n) is 5.62. The van der Waals surface area contributed by atoms with Gasteiger partial charge in [-0.3, -0.25) is 4.79 Å². The molecule has 2 N–H and O–H groups in total. The van der Waals surface area contributed by atoms with Gasteiger partial charge in [-0.25, -0.2) is 9.97 Å². The van der Waals surface area contributed by atoms with Gasteiger partial charge in [-0.15, -0.1) is 11.8 Å². The van der Waals surface area contributed by atoms with Gasteiger partial charge in [0.05, 0.1) is 6.61 Å². The number of methoxy groups -OCH3 is 1. The molecule has 7 heteroatoms. The second kappa shape index (κ2) is 8.71. The molecular weight excluding hydrogens is 252 g/mol. The molecule has 1 aromatic heterocycles. The minimum absolute atomic E-state index is 0.00121. The molecule has 1 heterocycles. The lowest BCUT2D eigenvalue weighted by molar-refractivity contribution is -0.121. The summed E-state index contributed by atoms with van der Waals surface area (Å²) in [6, 6.07) is 1.85. The van der Waals surface area contributed by atoms with Crippen molar-refractivity contribution in [1.82, 2.24) is 15.3 Å². The Hall–Kier alpha value is -1.34. The topological polar surface area (TPSA) is 76.1 Å². The van der Waals surface area contributed by atoms with Gasteiger partial charge < -0.3 is 15.4 Å². The molecule has 0 aliphatic heterocycles. The average Bonchev–Trinajstić information content (AvgIpc) is 2.39. The number of amides is 1. The van der Waals surface area contributed by atoms with Crippen LogP contribution in [0.25, 0.3) is 0 Å². The fraction of sp³-hybridized carbons (Fsp3) is 0.545. The number of hydrogen-bond donors (Lipinski definition) is 2. The Morgan fingerprint density at radius 2 is 2.28 bits per heavy atom. The SMILES string of the molecule is COCCNC(=O)CCNc1cc(SC)ncn1. The van der Waals surface area contributed by atoms with Gasteiger partial charge in [-0.2, -0.15) is 0 Å². The van der Waals surface area contributed by atoms with Crippen LogP contribution >= 0.6 is 11.8 Å². The van der Waals surface area contributed by atoms with Crippen molar-refractivity contribution in [1.29, 1.82) is 0 Å². The fourth-order valence-corrected chi connectivity index (χ4v) is 1.61. The van der Waals surface area contributed by atoms with E-state index in [4.69, 9.17) is 4.74 Å². The van der Waals surface area contributed by atoms with Crippen LogP contribution in [0, 0.1) is 0 Å². The van der Waals surface area contributed by atoms with Crippen molar-refractivity contribution in [3.8, 4) is 0 Å². The molecule has 1 rings (SSSR count). The zero-order chi connectivity index (χ0) is 13.2. The van der Waals surface area contributed by atoms with Crippen LogP contribution in [0.2, 0.25) is 0 Å². The number of rotatable bonds is 8. The number of hydrogen-bond acceptors (Lipinski definition) is 6. The van der Waals surface area contributed by atoms with Gasteiger partial charge in [0.1, 0.15) is 17.2 Å². The van der Waals surface area contributed by atoms with Gasteiger partial charge in [-0.05, 0) is 6.26 Å². The summed E-state index contributed by atoms with van der Waals surface area (Å²) in [4.78, 5) is 19.5. The molecule has 0 saturated heterocycles. The van der Waals surface area contributed by atoms with Crippen molar-refractivity contribution in [2.24, 2.45) is 0 Å². The Balaban J connectivity index is 2.22. The Morgan fingerprint density at radius 3 is 3.00 bits per heavy atom. The minimum atomic E-state index is -0.00121. The molecule has 0 fully saturated rings. The normalized spacial score (nSPS) is 10.1. The van der Waals surface area contributed by atoms with E-state index in [0.29, 0.717) is 26.1 Å². The highest BCUT2D eigenvalue weighted by atomic mass is 32.2. The van der Waals surface area contributed by atoms with Crippen LogP contribution in [0.5, 0.6) is 0 Å². The summed E-state index contributed by atoms with van der Waals surface area (Å²) in [7, 11) is 1.60. The summed E-state index contributed by atoms with van der Waals surface area (Å²) in [5, 5.41) is 6.74. The van der Waals surface area contributed by atoms with Gasteiger partial charge in [0.2, 0.25) is 5.91 Å². The number of anilines is 1. The lowest BCUT2D eigenvalue weighted by atomic mass is 10.4. The van der Waals surface area contributed by atoms with E-state index < -0.39 is 0 Å². The maximum atomic E-state index is 11.4. The van der Waals surface area contributed by atoms with E-state index in [2.05, 4.69) is 20.6 Å². The number of nitrogens with zero attached hydrogens (tertiary/aromatic N) is 2. The minimum Gasteiger partial charge on any atom is -0.383 e. The van der Waals surface area contributed by atoms with Crippen LogP contribution in [0.3, 0.4) is 0 Å². The Bertz CT molecular complexity index is 376. The van der Waals surface area contributed by atoms with Crippen molar-refractivity contribution in [2.45, 2.75) is 11.4 Å². The molecule has 0 aliphatic rings. The first-order valence-corrected chi connectivity index (χ1v) is 6.84. The number of nitrogens with one attached hydrogen (secondary N) is 2. The van der Waals surface area contributed by atoms with Crippen molar-refractivity contribution >= 4 is 23.5 Å². The quantitative estimate of drug-likeness (QED) is 0.413. The molecule has 0 bridgehead atoms. The molecule has 1 amide bonds. The fourth-order valence-electron chi connectivity index (χ4n) is 1.23. The molecule has 0 aliphatic carbocycles. The lowest BCUT2D eigenvalue weighted by Gasteiger charge is -2.07. The molecule has 0 radical (unpaired) electrons. The molecular formula is C11H18N4O2S. The summed E-state index contributed by atoms with van der Waals surface area (Å²) in [6.45, 7) is 1.62. The van der Waals surface area contributed by atoms with Crippen molar-refractivity contribution in [3.05, 3.63) is 12.4 Å². The Morgan fingerprint density at radius 1 is 1.44 bits per heavy atom. The summed E-state index contributed by atoms with van der Waals surface area (Å²) >= 11 is 1.55. The zero-order valence-corrected chi connectivity index (χ0v) is 11.4. The van der Waals surface area contributed by atoms with E-state index in [0.717, 1.165) is 10.8 Å². The highest BCUT2D eigenvalue weighted by Gasteiger charge is 2.01. The largest absolute Gasteiger partial charge is 0.383 e. The highest BCUT2D eigenvalue weighted by Crippen LogP contribution is 2.13. The molecule has 1 aromatic rings. The molecule has 0 atom stereocenters. The van der Waals surface area contributed by atoms with Crippen molar-refractivity contribution < 1.29 is 9.53 Å². The summed E-state index contributed by atoms with van der Waals surface area (Å²) < 4.78 is 4.84. The highest BCUT2D eigenvalue weighted by molar-refractivity contribution is 7.98. The Labute approximate surface area is 111 Å². The van der Waals surface area contributed by atoms with Crippen LogP contribution < -0.4 is 10.6 Å². The summed E-state index contributed by atoms with van der Waals surface area (Å²) in [5.41, 5.74) is 0. The second-order valence-corrected chi connectivity index (χ2v) is 4.29. The third-order valence-electron chi connectivity index (χ3n) is 2.14. The maximum absolute atomic E-state index is 11.4. The van der Waals surface area contributed by atoms with Gasteiger partial charge in [0.25, 0.3) is 0 Å². The number of carbonyl (C=O) groups excluding carboxylic acids is 1. The first-order chi connectivity index (χ1) is 8.76. The molecule has 6 nitrogen and oxygen atoms in total. The third kappa shape index (κ3) is 5.83. The number of carbonyl (C=O) groups is 1. The molecule has 0 unspecified atom stereocenters. The average molecular weight is 270 g/mol. The van der Waals surface area contributed by atoms with Crippen molar-refractivity contribution in [3.63, 3.8) is 0 Å². The monoisotopic (exact) mass is 270 g/mol. The first kappa shape index (κ1) is 14.7. The Kier molecular flexibility index (Phi) is 7.12. The smallest absolute Gasteiger partial charge is 0.221 e. The second-order valence-electron chi connectivity index (χ2n) is 3.47. The molecule has 0 aromatic carbocycles. The van der Waals surface area contributed by atoms with Gasteiger partial charge in [-0.1, -0.05) is 0 Å². The molecule has 0 spiro atoms. The zero-order valence-electron chi connectivity index (χ0n) is 10.6. The van der Waals surface area contributed by atoms with E-state index in [-0.39, 0.29) is 5.91 Å². The number of ether oxygens (including phenoxy) is 1. The number of thioether (sulfide) groups is 1. The summed E-state index contributed by atoms with van der Waals surface area (Å²) in [5.74, 6) is 0.734. The molecule has 0 saturated carbocycles. The van der Waals surface area contributed by atoms with Crippen LogP contribution in [0.4, 0.5) is 5.82 Å². The molecule has 100 valence electrons. The van der Waals surface area contributed by atoms with E-state index >= 15 is 0 Å². The standard InChI is InChI=1S/C11H18N4O2S/c1-17-6-5-13-10(16)3-4-12-9-7-11(18-2)15-8-14-9/h7-8H,3-6H2,1-2H3,(H,13,16)(H,12,14,15). The van der Waals surface area contributed by atoms with E-state index in [1.54, 1.807) is 18.9 Å². The predicted octanol–water partition coefficient (Wildman–Crippen LogP) is 0.763. The predicted molar refractivity (Wildman–Crippen MR) is 71.8 cm³/mol. The van der Waals surface area contributed by atoms with Crippen molar-refractivity contribution in [2.75, 3.05) is 38.4 Å². The van der Waals surface area contributed by atoms with Crippen LogP contribution in [-0.4, -0.2) is 48.9 Å². The van der Waals surface area contributed by atoms with Crippen LogP contribution in [-0.2, 0) is 9.53 Å². The summed E-state index contributed by atoms with van der Waals surface area (Å²) in [6.07, 6.45) is 3.87. The third-order valence-corrected chi connectivity index (χ3v) is 2.78. The van der Waals surface area contributed by atoms with Gasteiger partial charge in [0.15, 0.2) is 0 Å². The lowest BCUT2D eigenvalue weighted by Crippen LogP contribution is -2.28. The van der Waals surface area contributed by atoms with E-state index in [9.17, 15) is 4.79 Å².